The maximum absolute atomic E-state index is 11.2. The summed E-state index contributed by atoms with van der Waals surface area (Å²) >= 11 is 0. The fourth-order valence-electron chi connectivity index (χ4n) is 1.00. The molecule has 9 nitrogen and oxygen atoms in total. The van der Waals surface area contributed by atoms with E-state index in [9.17, 15) is 14.4 Å². The summed E-state index contributed by atoms with van der Waals surface area (Å²) in [5.74, 6) is -2.44. The molecule has 82 valence electrons. The number of rotatable bonds is 2. The van der Waals surface area contributed by atoms with Gasteiger partial charge in [0.05, 0.1) is 0 Å². The molecule has 9 heteroatoms. The summed E-state index contributed by atoms with van der Waals surface area (Å²) in [5.41, 5.74) is -0.947. The second-order valence-electron chi connectivity index (χ2n) is 2.48. The topological polar surface area (TPSA) is 131 Å². The average molecular weight is 217 g/mol. The molecule has 15 heavy (non-hydrogen) atoms. The van der Waals surface area contributed by atoms with Crippen LogP contribution in [0.2, 0.25) is 0 Å². The van der Waals surface area contributed by atoms with Crippen molar-refractivity contribution in [2.24, 2.45) is 5.16 Å². The molecule has 1 saturated heterocycles. The molecule has 0 aromatic heterocycles. The van der Waals surface area contributed by atoms with Crippen molar-refractivity contribution in [3.8, 4) is 0 Å². The van der Waals surface area contributed by atoms with E-state index in [1.54, 1.807) is 0 Å². The van der Waals surface area contributed by atoms with Crippen LogP contribution in [0.5, 0.6) is 0 Å². The maximum atomic E-state index is 11.2. The lowest BCUT2D eigenvalue weighted by molar-refractivity contribution is -0.134. The third-order valence-electron chi connectivity index (χ3n) is 1.74. The summed E-state index contributed by atoms with van der Waals surface area (Å²) in [6.07, 6.45) is 0. The fraction of sp³-hybridized carbons (Fsp3) is 0.333. The Morgan fingerprint density at radius 2 is 1.40 bits per heavy atom. The zero-order chi connectivity index (χ0) is 11.6. The van der Waals surface area contributed by atoms with Crippen LogP contribution in [-0.2, 0) is 9.59 Å². The van der Waals surface area contributed by atoms with Gasteiger partial charge >= 0.3 is 6.03 Å². The van der Waals surface area contributed by atoms with E-state index >= 15 is 0 Å². The number of oxime groups is 1. The lowest BCUT2D eigenvalue weighted by atomic mass is 10.2. The molecule has 4 amide bonds. The van der Waals surface area contributed by atoms with E-state index in [0.29, 0.717) is 0 Å². The molecule has 1 aliphatic rings. The van der Waals surface area contributed by atoms with Crippen molar-refractivity contribution in [2.45, 2.75) is 0 Å². The largest absolute Gasteiger partial charge is 0.410 e. The first-order valence-corrected chi connectivity index (χ1v) is 3.70. The van der Waals surface area contributed by atoms with Gasteiger partial charge in [0.15, 0.2) is 0 Å². The summed E-state index contributed by atoms with van der Waals surface area (Å²) in [4.78, 5) is 34.1. The smallest absolute Gasteiger partial charge is 0.337 e. The lowest BCUT2D eigenvalue weighted by Gasteiger charge is -2.29. The Morgan fingerprint density at radius 1 is 1.00 bits per heavy atom. The van der Waals surface area contributed by atoms with Crippen LogP contribution in [0.3, 0.4) is 0 Å². The van der Waals surface area contributed by atoms with Crippen LogP contribution in [0.15, 0.2) is 5.16 Å². The second-order valence-corrected chi connectivity index (χ2v) is 2.48. The Hall–Kier alpha value is -2.00. The Kier molecular flexibility index (Phi) is 2.97. The summed E-state index contributed by atoms with van der Waals surface area (Å²) in [6, 6.07) is -1.18. The highest BCUT2D eigenvalue weighted by molar-refractivity contribution is 6.68. The highest BCUT2D eigenvalue weighted by Gasteiger charge is 2.43. The van der Waals surface area contributed by atoms with Crippen molar-refractivity contribution in [1.29, 1.82) is 0 Å². The van der Waals surface area contributed by atoms with Crippen LogP contribution < -0.4 is 0 Å². The number of aliphatic hydroxyl groups is 2. The molecule has 0 radical (unpaired) electrons. The fourth-order valence-corrected chi connectivity index (χ4v) is 1.00. The summed E-state index contributed by atoms with van der Waals surface area (Å²) in [6.45, 7) is -1.97. The lowest BCUT2D eigenvalue weighted by Crippen LogP contribution is -2.60. The molecule has 0 aromatic rings. The summed E-state index contributed by atoms with van der Waals surface area (Å²) in [7, 11) is 0. The monoisotopic (exact) mass is 217 g/mol. The summed E-state index contributed by atoms with van der Waals surface area (Å²) < 4.78 is 0. The Balaban J connectivity index is 3.15. The predicted octanol–water partition coefficient (Wildman–Crippen LogP) is -2.49. The molecule has 1 fully saturated rings. The van der Waals surface area contributed by atoms with Crippen molar-refractivity contribution < 1.29 is 29.8 Å². The zero-order valence-corrected chi connectivity index (χ0v) is 7.32. The number of barbiturate groups is 1. The molecule has 0 spiro atoms. The number of aliphatic hydroxyl groups excluding tert-OH is 2. The van der Waals surface area contributed by atoms with Crippen LogP contribution in [-0.4, -0.2) is 62.2 Å². The minimum absolute atomic E-state index is 0.243. The summed E-state index contributed by atoms with van der Waals surface area (Å²) in [5, 5.41) is 28.1. The second kappa shape index (κ2) is 4.02. The first-order valence-electron chi connectivity index (χ1n) is 3.70. The number of imide groups is 2. The number of urea groups is 1. The molecule has 0 unspecified atom stereocenters. The van der Waals surface area contributed by atoms with E-state index in [0.717, 1.165) is 0 Å². The molecule has 0 saturated carbocycles. The number of carbonyl (C=O) groups is 3. The number of carbonyl (C=O) groups excluding carboxylic acids is 3. The average Bonchev–Trinajstić information content (AvgIpc) is 2.19. The standard InChI is InChI=1S/C6H7N3O6/c10-1-8-4(12)3(7-15)5(13)9(2-11)6(8)14/h10-11,15H,1-2H2. The molecule has 0 atom stereocenters. The molecular formula is C6H7N3O6. The van der Waals surface area contributed by atoms with E-state index in [-0.39, 0.29) is 9.80 Å². The van der Waals surface area contributed by atoms with Crippen molar-refractivity contribution in [3.05, 3.63) is 0 Å². The minimum Gasteiger partial charge on any atom is -0.410 e. The highest BCUT2D eigenvalue weighted by atomic mass is 16.4. The van der Waals surface area contributed by atoms with Crippen LogP contribution in [0.1, 0.15) is 0 Å². The number of amides is 4. The van der Waals surface area contributed by atoms with E-state index in [4.69, 9.17) is 15.4 Å². The quantitative estimate of drug-likeness (QED) is 0.346. The molecule has 0 aromatic carbocycles. The Labute approximate surface area is 82.8 Å². The van der Waals surface area contributed by atoms with E-state index in [1.165, 1.54) is 0 Å². The van der Waals surface area contributed by atoms with Crippen molar-refractivity contribution in [3.63, 3.8) is 0 Å². The molecule has 0 aliphatic carbocycles. The van der Waals surface area contributed by atoms with Gasteiger partial charge in [-0.25, -0.2) is 14.6 Å². The van der Waals surface area contributed by atoms with Crippen LogP contribution in [0.25, 0.3) is 0 Å². The third-order valence-corrected chi connectivity index (χ3v) is 1.74. The van der Waals surface area contributed by atoms with Crippen LogP contribution >= 0.6 is 0 Å². The molecule has 1 heterocycles. The van der Waals surface area contributed by atoms with Gasteiger partial charge in [0.2, 0.25) is 5.71 Å². The van der Waals surface area contributed by atoms with Gasteiger partial charge in [-0.05, 0) is 0 Å². The zero-order valence-electron chi connectivity index (χ0n) is 7.32. The molecular weight excluding hydrogens is 210 g/mol. The van der Waals surface area contributed by atoms with Crippen LogP contribution in [0, 0.1) is 0 Å². The van der Waals surface area contributed by atoms with E-state index in [2.05, 4.69) is 5.16 Å². The van der Waals surface area contributed by atoms with Gasteiger partial charge < -0.3 is 15.4 Å². The number of hydrogen-bond donors (Lipinski definition) is 3. The van der Waals surface area contributed by atoms with Crippen LogP contribution in [0.4, 0.5) is 4.79 Å². The molecule has 0 bridgehead atoms. The van der Waals surface area contributed by atoms with E-state index in [1.807, 2.05) is 0 Å². The molecule has 1 rings (SSSR count). The third kappa shape index (κ3) is 1.53. The van der Waals surface area contributed by atoms with Crippen molar-refractivity contribution >= 4 is 23.6 Å². The van der Waals surface area contributed by atoms with Gasteiger partial charge in [0, 0.05) is 0 Å². The van der Waals surface area contributed by atoms with Gasteiger partial charge in [0.1, 0.15) is 13.5 Å². The first kappa shape index (κ1) is 11.1. The van der Waals surface area contributed by atoms with Gasteiger partial charge in [0.25, 0.3) is 11.8 Å². The van der Waals surface area contributed by atoms with Crippen molar-refractivity contribution in [2.75, 3.05) is 13.5 Å². The van der Waals surface area contributed by atoms with Gasteiger partial charge in [-0.1, -0.05) is 5.16 Å². The maximum Gasteiger partial charge on any atom is 0.337 e. The first-order chi connectivity index (χ1) is 7.08. The SMILES string of the molecule is O=C1C(=NO)C(=O)N(CO)C(=O)N1CO. The van der Waals surface area contributed by atoms with Gasteiger partial charge in [-0.15, -0.1) is 0 Å². The van der Waals surface area contributed by atoms with Gasteiger partial charge in [-0.3, -0.25) is 9.59 Å². The normalized spacial score (nSPS) is 17.5. The van der Waals surface area contributed by atoms with E-state index < -0.39 is 37.0 Å². The van der Waals surface area contributed by atoms with Crippen molar-refractivity contribution in [1.82, 2.24) is 9.80 Å². The molecule has 3 N–H and O–H groups in total. The number of hydrogen-bond acceptors (Lipinski definition) is 7. The minimum atomic E-state index is -1.22. The highest BCUT2D eigenvalue weighted by Crippen LogP contribution is 2.09. The molecule has 1 aliphatic heterocycles. The van der Waals surface area contributed by atoms with Gasteiger partial charge in [-0.2, -0.15) is 0 Å². The Morgan fingerprint density at radius 3 is 1.67 bits per heavy atom. The Bertz CT molecular complexity index is 323. The predicted molar refractivity (Wildman–Crippen MR) is 42.5 cm³/mol. The number of nitrogens with zero attached hydrogens (tertiary/aromatic N) is 3.